The zero-order chi connectivity index (χ0) is 12.5. The molecule has 1 atom stereocenters. The van der Waals surface area contributed by atoms with Crippen molar-refractivity contribution in [2.45, 2.75) is 26.3 Å². The fourth-order valence-electron chi connectivity index (χ4n) is 1.54. The fourth-order valence-corrected chi connectivity index (χ4v) is 1.54. The molecule has 1 aliphatic rings. The summed E-state index contributed by atoms with van der Waals surface area (Å²) in [5.74, 6) is -2.32. The van der Waals surface area contributed by atoms with Crippen LogP contribution in [0.25, 0.3) is 0 Å². The first kappa shape index (κ1) is 12.6. The second-order valence-corrected chi connectivity index (χ2v) is 4.56. The number of carboxylic acids is 1. The second kappa shape index (κ2) is 4.21. The van der Waals surface area contributed by atoms with Gasteiger partial charge in [-0.2, -0.15) is 0 Å². The first-order valence-electron chi connectivity index (χ1n) is 5.07. The first-order chi connectivity index (χ1) is 7.25. The molecule has 6 heteroatoms. The predicted octanol–water partition coefficient (Wildman–Crippen LogP) is -0.556. The van der Waals surface area contributed by atoms with Gasteiger partial charge in [0.2, 0.25) is 11.8 Å². The van der Waals surface area contributed by atoms with E-state index in [2.05, 4.69) is 5.32 Å². The molecule has 1 unspecified atom stereocenters. The monoisotopic (exact) mass is 228 g/mol. The minimum absolute atomic E-state index is 0.0519. The van der Waals surface area contributed by atoms with Gasteiger partial charge in [-0.3, -0.25) is 24.6 Å². The summed E-state index contributed by atoms with van der Waals surface area (Å²) in [5.41, 5.74) is -0.850. The topological polar surface area (TPSA) is 86.7 Å². The van der Waals surface area contributed by atoms with Gasteiger partial charge >= 0.3 is 5.97 Å². The zero-order valence-corrected chi connectivity index (χ0v) is 9.61. The molecule has 0 bridgehead atoms. The van der Waals surface area contributed by atoms with Crippen LogP contribution >= 0.6 is 0 Å². The molecule has 1 fully saturated rings. The standard InChI is InChI=1S/C10H16N2O4/c1-6(8(14)15)4-12-5-7(13)11-9(16)10(12,2)3/h6H,4-5H2,1-3H3,(H,14,15)(H,11,13,16). The van der Waals surface area contributed by atoms with Crippen molar-refractivity contribution < 1.29 is 19.5 Å². The molecule has 90 valence electrons. The second-order valence-electron chi connectivity index (χ2n) is 4.56. The van der Waals surface area contributed by atoms with E-state index in [0.717, 1.165) is 0 Å². The highest BCUT2D eigenvalue weighted by atomic mass is 16.4. The fraction of sp³-hybridized carbons (Fsp3) is 0.700. The van der Waals surface area contributed by atoms with E-state index in [1.54, 1.807) is 25.7 Å². The summed E-state index contributed by atoms with van der Waals surface area (Å²) in [7, 11) is 0. The van der Waals surface area contributed by atoms with Gasteiger partial charge in [0.25, 0.3) is 0 Å². The molecule has 2 amide bonds. The Morgan fingerprint density at radius 2 is 2.12 bits per heavy atom. The quantitative estimate of drug-likeness (QED) is 0.632. The Hall–Kier alpha value is -1.43. The van der Waals surface area contributed by atoms with Crippen LogP contribution in [-0.2, 0) is 14.4 Å². The van der Waals surface area contributed by atoms with Crippen LogP contribution in [0.15, 0.2) is 0 Å². The zero-order valence-electron chi connectivity index (χ0n) is 9.61. The Kier molecular flexibility index (Phi) is 3.32. The molecule has 0 aromatic heterocycles. The maximum atomic E-state index is 11.6. The van der Waals surface area contributed by atoms with E-state index < -0.39 is 17.4 Å². The number of carbonyl (C=O) groups excluding carboxylic acids is 2. The van der Waals surface area contributed by atoms with Crippen molar-refractivity contribution in [2.24, 2.45) is 5.92 Å². The van der Waals surface area contributed by atoms with Crippen LogP contribution in [0.2, 0.25) is 0 Å². The van der Waals surface area contributed by atoms with Gasteiger partial charge in [-0.25, -0.2) is 0 Å². The summed E-state index contributed by atoms with van der Waals surface area (Å²) < 4.78 is 0. The molecule has 0 aliphatic carbocycles. The van der Waals surface area contributed by atoms with Gasteiger partial charge in [0.15, 0.2) is 0 Å². The molecule has 1 aliphatic heterocycles. The number of nitrogens with zero attached hydrogens (tertiary/aromatic N) is 1. The minimum atomic E-state index is -0.936. The molecule has 0 saturated carbocycles. The van der Waals surface area contributed by atoms with Crippen LogP contribution in [0.1, 0.15) is 20.8 Å². The molecule has 1 rings (SSSR count). The molecule has 1 saturated heterocycles. The third-order valence-corrected chi connectivity index (χ3v) is 2.85. The van der Waals surface area contributed by atoms with Gasteiger partial charge < -0.3 is 5.11 Å². The smallest absolute Gasteiger partial charge is 0.307 e. The van der Waals surface area contributed by atoms with E-state index >= 15 is 0 Å². The molecule has 0 aromatic carbocycles. The molecule has 16 heavy (non-hydrogen) atoms. The van der Waals surface area contributed by atoms with E-state index in [0.29, 0.717) is 0 Å². The number of imide groups is 1. The number of piperazine rings is 1. The summed E-state index contributed by atoms with van der Waals surface area (Å²) in [5, 5.41) is 11.0. The Morgan fingerprint density at radius 1 is 1.56 bits per heavy atom. The van der Waals surface area contributed by atoms with Crippen molar-refractivity contribution in [3.05, 3.63) is 0 Å². The molecule has 2 N–H and O–H groups in total. The number of carbonyl (C=O) groups is 3. The number of hydrogen-bond donors (Lipinski definition) is 2. The van der Waals surface area contributed by atoms with E-state index in [1.807, 2.05) is 0 Å². The third-order valence-electron chi connectivity index (χ3n) is 2.85. The van der Waals surface area contributed by atoms with Crippen LogP contribution < -0.4 is 5.32 Å². The lowest BCUT2D eigenvalue weighted by molar-refractivity contribution is -0.150. The van der Waals surface area contributed by atoms with Gasteiger partial charge in [-0.15, -0.1) is 0 Å². The Bertz CT molecular complexity index is 338. The lowest BCUT2D eigenvalue weighted by Crippen LogP contribution is -2.64. The maximum absolute atomic E-state index is 11.6. The predicted molar refractivity (Wildman–Crippen MR) is 55.6 cm³/mol. The number of nitrogens with one attached hydrogen (secondary N) is 1. The summed E-state index contributed by atoms with van der Waals surface area (Å²) in [6, 6.07) is 0. The highest BCUT2D eigenvalue weighted by molar-refractivity contribution is 6.02. The largest absolute Gasteiger partial charge is 0.481 e. The van der Waals surface area contributed by atoms with Gasteiger partial charge in [-0.05, 0) is 13.8 Å². The van der Waals surface area contributed by atoms with Crippen molar-refractivity contribution in [3.8, 4) is 0 Å². The van der Waals surface area contributed by atoms with Crippen LogP contribution in [-0.4, -0.2) is 46.4 Å². The number of aliphatic carboxylic acids is 1. The lowest BCUT2D eigenvalue weighted by Gasteiger charge is -2.40. The van der Waals surface area contributed by atoms with Crippen LogP contribution in [0.4, 0.5) is 0 Å². The van der Waals surface area contributed by atoms with Gasteiger partial charge in [0, 0.05) is 6.54 Å². The van der Waals surface area contributed by atoms with E-state index in [1.165, 1.54) is 0 Å². The van der Waals surface area contributed by atoms with Crippen LogP contribution in [0.5, 0.6) is 0 Å². The Balaban J connectivity index is 2.80. The summed E-state index contributed by atoms with van der Waals surface area (Å²) in [6.45, 7) is 5.12. The highest BCUT2D eigenvalue weighted by Gasteiger charge is 2.41. The number of rotatable bonds is 3. The average molecular weight is 228 g/mol. The summed E-state index contributed by atoms with van der Waals surface area (Å²) in [4.78, 5) is 35.1. The molecule has 0 radical (unpaired) electrons. The normalized spacial score (nSPS) is 22.7. The molecular weight excluding hydrogens is 212 g/mol. The average Bonchev–Trinajstić information content (AvgIpc) is 2.14. The van der Waals surface area contributed by atoms with Gasteiger partial charge in [-0.1, -0.05) is 6.92 Å². The molecule has 1 heterocycles. The summed E-state index contributed by atoms with van der Waals surface area (Å²) >= 11 is 0. The first-order valence-corrected chi connectivity index (χ1v) is 5.07. The number of carboxylic acid groups (broad SMARTS) is 1. The van der Waals surface area contributed by atoms with E-state index in [4.69, 9.17) is 5.11 Å². The van der Waals surface area contributed by atoms with Crippen molar-refractivity contribution in [3.63, 3.8) is 0 Å². The molecular formula is C10H16N2O4. The SMILES string of the molecule is CC(CN1CC(=O)NC(=O)C1(C)C)C(=O)O. The number of amides is 2. The Morgan fingerprint density at radius 3 is 2.62 bits per heavy atom. The minimum Gasteiger partial charge on any atom is -0.481 e. The van der Waals surface area contributed by atoms with Crippen molar-refractivity contribution in [1.82, 2.24) is 10.2 Å². The van der Waals surface area contributed by atoms with Crippen molar-refractivity contribution in [2.75, 3.05) is 13.1 Å². The van der Waals surface area contributed by atoms with Crippen molar-refractivity contribution >= 4 is 17.8 Å². The molecule has 0 aromatic rings. The van der Waals surface area contributed by atoms with Crippen molar-refractivity contribution in [1.29, 1.82) is 0 Å². The lowest BCUT2D eigenvalue weighted by atomic mass is 9.97. The van der Waals surface area contributed by atoms with E-state index in [9.17, 15) is 14.4 Å². The van der Waals surface area contributed by atoms with E-state index in [-0.39, 0.29) is 24.9 Å². The maximum Gasteiger partial charge on any atom is 0.307 e. The summed E-state index contributed by atoms with van der Waals surface area (Å²) in [6.07, 6.45) is 0. The molecule has 0 spiro atoms. The third kappa shape index (κ3) is 2.38. The Labute approximate surface area is 93.6 Å². The van der Waals surface area contributed by atoms with Gasteiger partial charge in [0.05, 0.1) is 18.0 Å². The van der Waals surface area contributed by atoms with Crippen LogP contribution in [0.3, 0.4) is 0 Å². The molecule has 6 nitrogen and oxygen atoms in total. The van der Waals surface area contributed by atoms with Crippen LogP contribution in [0, 0.1) is 5.92 Å². The number of hydrogen-bond acceptors (Lipinski definition) is 4. The van der Waals surface area contributed by atoms with Gasteiger partial charge in [0.1, 0.15) is 0 Å². The highest BCUT2D eigenvalue weighted by Crippen LogP contribution is 2.19.